The van der Waals surface area contributed by atoms with E-state index in [0.29, 0.717) is 16.3 Å². The third-order valence-corrected chi connectivity index (χ3v) is 4.79. The molecule has 3 aromatic rings. The first-order valence-electron chi connectivity index (χ1n) is 9.07. The summed E-state index contributed by atoms with van der Waals surface area (Å²) in [6, 6.07) is 14.6. The fourth-order valence-corrected chi connectivity index (χ4v) is 3.18. The Kier molecular flexibility index (Phi) is 6.60. The zero-order chi connectivity index (χ0) is 22.6. The second-order valence-corrected chi connectivity index (χ2v) is 7.04. The van der Waals surface area contributed by atoms with Crippen molar-refractivity contribution in [1.82, 2.24) is 10.3 Å². The van der Waals surface area contributed by atoms with Crippen LogP contribution in [0.4, 0.5) is 13.2 Å². The summed E-state index contributed by atoms with van der Waals surface area (Å²) in [7, 11) is 0. The van der Waals surface area contributed by atoms with Gasteiger partial charge in [0.1, 0.15) is 5.69 Å². The summed E-state index contributed by atoms with van der Waals surface area (Å²) >= 11 is 6.17. The van der Waals surface area contributed by atoms with Crippen LogP contribution < -0.4 is 5.32 Å². The molecule has 1 atom stereocenters. The summed E-state index contributed by atoms with van der Waals surface area (Å²) in [6.45, 7) is 0. The fourth-order valence-electron chi connectivity index (χ4n) is 2.94. The van der Waals surface area contributed by atoms with Gasteiger partial charge in [-0.1, -0.05) is 48.0 Å². The third-order valence-electron chi connectivity index (χ3n) is 4.46. The number of hydrogen-bond donors (Lipinski definition) is 2. The molecule has 0 fully saturated rings. The van der Waals surface area contributed by atoms with Gasteiger partial charge in [0.25, 0.3) is 5.91 Å². The predicted molar refractivity (Wildman–Crippen MR) is 109 cm³/mol. The molecule has 0 saturated heterocycles. The minimum Gasteiger partial charge on any atom is -0.481 e. The van der Waals surface area contributed by atoms with Crippen molar-refractivity contribution in [3.8, 4) is 11.3 Å². The van der Waals surface area contributed by atoms with E-state index in [2.05, 4.69) is 10.3 Å². The van der Waals surface area contributed by atoms with Crippen molar-refractivity contribution in [2.45, 2.75) is 18.6 Å². The number of amides is 1. The second kappa shape index (κ2) is 9.18. The van der Waals surface area contributed by atoms with E-state index in [-0.39, 0.29) is 11.3 Å². The standard InChI is InChI=1S/C22H16ClF3N2O3/c23-16-5-2-1-4-15(16)17-6-3-7-18(27-17)21(31)28-19(12-20(29)30)13-8-10-14(11-9-13)22(24,25)26/h1-11,19H,12H2,(H,28,31)(H,29,30)/t19-/m0/s1. The van der Waals surface area contributed by atoms with Crippen LogP contribution in [0.25, 0.3) is 11.3 Å². The number of nitrogens with zero attached hydrogens (tertiary/aromatic N) is 1. The monoisotopic (exact) mass is 448 g/mol. The third kappa shape index (κ3) is 5.61. The Morgan fingerprint density at radius 1 is 1.00 bits per heavy atom. The SMILES string of the molecule is O=C(O)C[C@H](NC(=O)c1cccc(-c2ccccc2Cl)n1)c1ccc(C(F)(F)F)cc1. The van der Waals surface area contributed by atoms with Crippen molar-refractivity contribution < 1.29 is 27.9 Å². The van der Waals surface area contributed by atoms with Gasteiger partial charge in [0.2, 0.25) is 0 Å². The Labute approximate surface area is 180 Å². The number of aromatic nitrogens is 1. The highest BCUT2D eigenvalue weighted by Crippen LogP contribution is 2.30. The molecular formula is C22H16ClF3N2O3. The van der Waals surface area contributed by atoms with Crippen LogP contribution in [-0.2, 0) is 11.0 Å². The predicted octanol–water partition coefficient (Wildman–Crippen LogP) is 5.37. The number of carboxylic acids is 1. The Morgan fingerprint density at radius 2 is 1.68 bits per heavy atom. The van der Waals surface area contributed by atoms with Crippen LogP contribution in [0.5, 0.6) is 0 Å². The number of nitrogens with one attached hydrogen (secondary N) is 1. The fraction of sp³-hybridized carbons (Fsp3) is 0.136. The Hall–Kier alpha value is -3.39. The van der Waals surface area contributed by atoms with Crippen LogP contribution in [0, 0.1) is 0 Å². The highest BCUT2D eigenvalue weighted by Gasteiger charge is 2.30. The van der Waals surface area contributed by atoms with Crippen LogP contribution in [0.15, 0.2) is 66.7 Å². The van der Waals surface area contributed by atoms with Crippen LogP contribution >= 0.6 is 11.6 Å². The molecule has 160 valence electrons. The Balaban J connectivity index is 1.85. The van der Waals surface area contributed by atoms with Gasteiger partial charge in [-0.15, -0.1) is 0 Å². The average molecular weight is 449 g/mol. The Morgan fingerprint density at radius 3 is 2.29 bits per heavy atom. The van der Waals surface area contributed by atoms with E-state index in [0.717, 1.165) is 24.3 Å². The van der Waals surface area contributed by atoms with E-state index in [1.807, 2.05) is 0 Å². The molecule has 1 heterocycles. The topological polar surface area (TPSA) is 79.3 Å². The zero-order valence-corrected chi connectivity index (χ0v) is 16.6. The average Bonchev–Trinajstić information content (AvgIpc) is 2.73. The zero-order valence-electron chi connectivity index (χ0n) is 15.9. The summed E-state index contributed by atoms with van der Waals surface area (Å²) in [5, 5.41) is 12.2. The minimum absolute atomic E-state index is 0.0136. The summed E-state index contributed by atoms with van der Waals surface area (Å²) in [5.41, 5.74) is 0.433. The quantitative estimate of drug-likeness (QED) is 0.531. The molecule has 0 aliphatic heterocycles. The second-order valence-electron chi connectivity index (χ2n) is 6.63. The van der Waals surface area contributed by atoms with E-state index in [1.54, 1.807) is 36.4 Å². The van der Waals surface area contributed by atoms with Gasteiger partial charge in [-0.3, -0.25) is 9.59 Å². The van der Waals surface area contributed by atoms with Gasteiger partial charge in [0.15, 0.2) is 0 Å². The Bertz CT molecular complexity index is 1100. The van der Waals surface area contributed by atoms with E-state index >= 15 is 0 Å². The number of aliphatic carboxylic acids is 1. The largest absolute Gasteiger partial charge is 0.481 e. The van der Waals surface area contributed by atoms with Gasteiger partial charge < -0.3 is 10.4 Å². The van der Waals surface area contributed by atoms with Crippen LogP contribution in [-0.4, -0.2) is 22.0 Å². The highest BCUT2D eigenvalue weighted by molar-refractivity contribution is 6.33. The molecule has 5 nitrogen and oxygen atoms in total. The molecule has 2 aromatic carbocycles. The molecule has 0 bridgehead atoms. The molecule has 9 heteroatoms. The normalized spacial score (nSPS) is 12.3. The van der Waals surface area contributed by atoms with Crippen LogP contribution in [0.2, 0.25) is 5.02 Å². The smallest absolute Gasteiger partial charge is 0.416 e. The lowest BCUT2D eigenvalue weighted by atomic mass is 10.0. The molecule has 0 unspecified atom stereocenters. The number of pyridine rings is 1. The van der Waals surface area contributed by atoms with Crippen LogP contribution in [0.1, 0.15) is 34.1 Å². The molecule has 2 N–H and O–H groups in total. The van der Waals surface area contributed by atoms with E-state index in [1.165, 1.54) is 6.07 Å². The molecule has 0 radical (unpaired) electrons. The highest BCUT2D eigenvalue weighted by atomic mass is 35.5. The number of alkyl halides is 3. The van der Waals surface area contributed by atoms with Crippen molar-refractivity contribution in [2.75, 3.05) is 0 Å². The first-order valence-corrected chi connectivity index (χ1v) is 9.44. The number of hydrogen-bond acceptors (Lipinski definition) is 3. The maximum Gasteiger partial charge on any atom is 0.416 e. The maximum absolute atomic E-state index is 12.8. The molecule has 1 amide bonds. The number of halogens is 4. The number of rotatable bonds is 6. The minimum atomic E-state index is -4.52. The molecule has 0 spiro atoms. The van der Waals surface area contributed by atoms with Crippen molar-refractivity contribution >= 4 is 23.5 Å². The summed E-state index contributed by atoms with van der Waals surface area (Å²) in [4.78, 5) is 28.3. The lowest BCUT2D eigenvalue weighted by molar-refractivity contribution is -0.138. The number of benzene rings is 2. The summed E-state index contributed by atoms with van der Waals surface area (Å²) in [5.74, 6) is -1.89. The van der Waals surface area contributed by atoms with E-state index in [4.69, 9.17) is 11.6 Å². The lowest BCUT2D eigenvalue weighted by Gasteiger charge is -2.18. The van der Waals surface area contributed by atoms with Crippen molar-refractivity contribution in [1.29, 1.82) is 0 Å². The molecule has 0 saturated carbocycles. The summed E-state index contributed by atoms with van der Waals surface area (Å²) < 4.78 is 38.4. The van der Waals surface area contributed by atoms with Crippen LogP contribution in [0.3, 0.4) is 0 Å². The van der Waals surface area contributed by atoms with Gasteiger partial charge in [-0.25, -0.2) is 4.98 Å². The van der Waals surface area contributed by atoms with Gasteiger partial charge in [0, 0.05) is 10.6 Å². The van der Waals surface area contributed by atoms with Gasteiger partial charge in [-0.05, 0) is 35.9 Å². The van der Waals surface area contributed by atoms with E-state index in [9.17, 15) is 27.9 Å². The number of carbonyl (C=O) groups is 2. The van der Waals surface area contributed by atoms with E-state index < -0.39 is 36.1 Å². The lowest BCUT2D eigenvalue weighted by Crippen LogP contribution is -2.31. The summed E-state index contributed by atoms with van der Waals surface area (Å²) in [6.07, 6.45) is -5.03. The van der Waals surface area contributed by atoms with Crippen molar-refractivity contribution in [2.24, 2.45) is 0 Å². The molecule has 0 aliphatic rings. The molecule has 0 aliphatic carbocycles. The molecule has 3 rings (SSSR count). The number of carbonyl (C=O) groups excluding carboxylic acids is 1. The maximum atomic E-state index is 12.8. The van der Waals surface area contributed by atoms with Gasteiger partial charge in [-0.2, -0.15) is 13.2 Å². The van der Waals surface area contributed by atoms with Gasteiger partial charge in [0.05, 0.1) is 23.7 Å². The number of carboxylic acid groups (broad SMARTS) is 1. The molecule has 31 heavy (non-hydrogen) atoms. The van der Waals surface area contributed by atoms with Crippen molar-refractivity contribution in [3.63, 3.8) is 0 Å². The first kappa shape index (κ1) is 22.3. The molecule has 1 aromatic heterocycles. The first-order chi connectivity index (χ1) is 14.6. The van der Waals surface area contributed by atoms with Gasteiger partial charge >= 0.3 is 12.1 Å². The van der Waals surface area contributed by atoms with Crippen molar-refractivity contribution in [3.05, 3.63) is 88.6 Å². The molecular weight excluding hydrogens is 433 g/mol.